The minimum absolute atomic E-state index is 0.0936. The van der Waals surface area contributed by atoms with Gasteiger partial charge in [-0.1, -0.05) is 6.07 Å². The Morgan fingerprint density at radius 1 is 1.41 bits per heavy atom. The van der Waals surface area contributed by atoms with Gasteiger partial charge in [-0.25, -0.2) is 0 Å². The van der Waals surface area contributed by atoms with Gasteiger partial charge in [0.25, 0.3) is 0 Å². The molecule has 0 bridgehead atoms. The van der Waals surface area contributed by atoms with Crippen LogP contribution in [0.2, 0.25) is 0 Å². The molecule has 17 heavy (non-hydrogen) atoms. The van der Waals surface area contributed by atoms with Crippen LogP contribution in [0.25, 0.3) is 0 Å². The molecule has 0 radical (unpaired) electrons. The molecule has 2 N–H and O–H groups in total. The van der Waals surface area contributed by atoms with Gasteiger partial charge in [-0.3, -0.25) is 4.57 Å². The quantitative estimate of drug-likeness (QED) is 0.814. The number of nitrogens with one attached hydrogen (secondary N) is 1. The molecule has 1 aromatic rings. The summed E-state index contributed by atoms with van der Waals surface area (Å²) in [5.41, 5.74) is 0.716. The van der Waals surface area contributed by atoms with Crippen LogP contribution in [-0.2, 0) is 9.09 Å². The summed E-state index contributed by atoms with van der Waals surface area (Å²) in [6.45, 7) is 7.99. The summed E-state index contributed by atoms with van der Waals surface area (Å²) in [5, 5.41) is 3.56. The molecule has 1 unspecified atom stereocenters. The van der Waals surface area contributed by atoms with Crippen molar-refractivity contribution in [3.8, 4) is 0 Å². The first kappa shape index (κ1) is 14.2. The molecule has 0 aliphatic carbocycles. The van der Waals surface area contributed by atoms with Crippen LogP contribution in [0.3, 0.4) is 0 Å². The molecule has 1 atom stereocenters. The van der Waals surface area contributed by atoms with Gasteiger partial charge >= 0.3 is 7.60 Å². The standard InChI is InChI=1S/C12H20NO3P/c1-5-16-17(14,15)11-8-6-7-10(9-11)13-12(2,3)4/h6-9,13H,5H2,1-4H3,(H,14,15). The zero-order valence-electron chi connectivity index (χ0n) is 10.7. The summed E-state index contributed by atoms with van der Waals surface area (Å²) in [4.78, 5) is 9.71. The number of benzene rings is 1. The molecule has 0 aliphatic heterocycles. The third-order valence-corrected chi connectivity index (χ3v) is 3.53. The third-order valence-electron chi connectivity index (χ3n) is 2.00. The Hall–Kier alpha value is -0.830. The first-order valence-corrected chi connectivity index (χ1v) is 7.18. The van der Waals surface area contributed by atoms with E-state index in [9.17, 15) is 9.46 Å². The smallest absolute Gasteiger partial charge is 0.358 e. The Labute approximate surface area is 103 Å². The second-order valence-corrected chi connectivity index (χ2v) is 6.68. The lowest BCUT2D eigenvalue weighted by atomic mass is 10.1. The summed E-state index contributed by atoms with van der Waals surface area (Å²) < 4.78 is 16.7. The molecule has 1 aromatic carbocycles. The molecular weight excluding hydrogens is 237 g/mol. The predicted octanol–water partition coefficient (Wildman–Crippen LogP) is 2.74. The minimum Gasteiger partial charge on any atom is -0.380 e. The maximum absolute atomic E-state index is 11.8. The van der Waals surface area contributed by atoms with E-state index in [1.165, 1.54) is 0 Å². The van der Waals surface area contributed by atoms with Crippen LogP contribution in [0.1, 0.15) is 27.7 Å². The molecule has 0 aromatic heterocycles. The molecule has 0 saturated carbocycles. The fourth-order valence-corrected chi connectivity index (χ4v) is 2.52. The van der Waals surface area contributed by atoms with E-state index >= 15 is 0 Å². The van der Waals surface area contributed by atoms with E-state index in [4.69, 9.17) is 4.52 Å². The summed E-state index contributed by atoms with van der Waals surface area (Å²) in [6, 6.07) is 6.86. The van der Waals surface area contributed by atoms with Crippen molar-refractivity contribution in [2.24, 2.45) is 0 Å². The molecule has 0 aliphatic rings. The average Bonchev–Trinajstić information content (AvgIpc) is 2.15. The molecule has 0 heterocycles. The first-order valence-electron chi connectivity index (χ1n) is 5.61. The molecule has 5 heteroatoms. The van der Waals surface area contributed by atoms with E-state index in [0.29, 0.717) is 5.30 Å². The van der Waals surface area contributed by atoms with Crippen LogP contribution >= 0.6 is 7.60 Å². The Kier molecular flexibility index (Phi) is 4.36. The highest BCUT2D eigenvalue weighted by atomic mass is 31.2. The van der Waals surface area contributed by atoms with E-state index < -0.39 is 7.60 Å². The van der Waals surface area contributed by atoms with Crippen molar-refractivity contribution in [2.75, 3.05) is 11.9 Å². The fraction of sp³-hybridized carbons (Fsp3) is 0.500. The molecule has 4 nitrogen and oxygen atoms in total. The second kappa shape index (κ2) is 5.21. The summed E-state index contributed by atoms with van der Waals surface area (Å²) >= 11 is 0. The van der Waals surface area contributed by atoms with Crippen LogP contribution in [0.15, 0.2) is 24.3 Å². The van der Waals surface area contributed by atoms with Crippen LogP contribution in [-0.4, -0.2) is 17.0 Å². The van der Waals surface area contributed by atoms with E-state index in [-0.39, 0.29) is 12.1 Å². The SMILES string of the molecule is CCOP(=O)(O)c1cccc(NC(C)(C)C)c1. The summed E-state index contributed by atoms with van der Waals surface area (Å²) in [5.74, 6) is 0. The van der Waals surface area contributed by atoms with Gasteiger partial charge in [0.15, 0.2) is 0 Å². The highest BCUT2D eigenvalue weighted by Crippen LogP contribution is 2.40. The van der Waals surface area contributed by atoms with Crippen molar-refractivity contribution in [1.29, 1.82) is 0 Å². The van der Waals surface area contributed by atoms with Crippen molar-refractivity contribution >= 4 is 18.6 Å². The van der Waals surface area contributed by atoms with Gasteiger partial charge in [0, 0.05) is 11.2 Å². The highest BCUT2D eigenvalue weighted by Gasteiger charge is 2.22. The summed E-state index contributed by atoms with van der Waals surface area (Å²) in [7, 11) is -3.68. The molecule has 0 saturated heterocycles. The van der Waals surface area contributed by atoms with E-state index in [2.05, 4.69) is 5.32 Å². The van der Waals surface area contributed by atoms with E-state index in [1.807, 2.05) is 26.8 Å². The number of hydrogen-bond acceptors (Lipinski definition) is 3. The maximum Gasteiger partial charge on any atom is 0.358 e. The van der Waals surface area contributed by atoms with E-state index in [0.717, 1.165) is 5.69 Å². The van der Waals surface area contributed by atoms with Crippen molar-refractivity contribution in [1.82, 2.24) is 0 Å². The van der Waals surface area contributed by atoms with E-state index in [1.54, 1.807) is 25.1 Å². The number of rotatable bonds is 4. The largest absolute Gasteiger partial charge is 0.380 e. The van der Waals surface area contributed by atoms with Gasteiger partial charge in [-0.05, 0) is 45.9 Å². The second-order valence-electron chi connectivity index (χ2n) is 4.86. The number of hydrogen-bond donors (Lipinski definition) is 2. The molecule has 0 spiro atoms. The predicted molar refractivity (Wildman–Crippen MR) is 70.9 cm³/mol. The lowest BCUT2D eigenvalue weighted by molar-refractivity contribution is 0.284. The fourth-order valence-electron chi connectivity index (χ4n) is 1.44. The van der Waals surface area contributed by atoms with Gasteiger partial charge in [-0.2, -0.15) is 0 Å². The zero-order valence-corrected chi connectivity index (χ0v) is 11.6. The van der Waals surface area contributed by atoms with Crippen LogP contribution < -0.4 is 10.6 Å². The maximum atomic E-state index is 11.8. The number of anilines is 1. The van der Waals surface area contributed by atoms with Gasteiger partial charge < -0.3 is 14.7 Å². The van der Waals surface area contributed by atoms with Crippen molar-refractivity contribution in [3.05, 3.63) is 24.3 Å². The molecule has 96 valence electrons. The van der Waals surface area contributed by atoms with Gasteiger partial charge in [0.2, 0.25) is 0 Å². The topological polar surface area (TPSA) is 58.6 Å². The summed E-state index contributed by atoms with van der Waals surface area (Å²) in [6.07, 6.45) is 0. The molecule has 0 fully saturated rings. The minimum atomic E-state index is -3.68. The van der Waals surface area contributed by atoms with Crippen molar-refractivity contribution in [2.45, 2.75) is 33.2 Å². The van der Waals surface area contributed by atoms with Gasteiger partial charge in [0.1, 0.15) is 0 Å². The lowest BCUT2D eigenvalue weighted by Crippen LogP contribution is -2.26. The van der Waals surface area contributed by atoms with Crippen LogP contribution in [0, 0.1) is 0 Å². The third kappa shape index (κ3) is 4.50. The van der Waals surface area contributed by atoms with Crippen LogP contribution in [0.5, 0.6) is 0 Å². The zero-order chi connectivity index (χ0) is 13.1. The monoisotopic (exact) mass is 257 g/mol. The van der Waals surface area contributed by atoms with Crippen molar-refractivity contribution < 1.29 is 14.0 Å². The first-order chi connectivity index (χ1) is 7.74. The van der Waals surface area contributed by atoms with Crippen molar-refractivity contribution in [3.63, 3.8) is 0 Å². The normalized spacial score (nSPS) is 15.4. The Bertz CT molecular complexity index is 426. The Balaban J connectivity index is 2.97. The lowest BCUT2D eigenvalue weighted by Gasteiger charge is -2.22. The molecule has 0 amide bonds. The highest BCUT2D eigenvalue weighted by molar-refractivity contribution is 7.61. The Morgan fingerprint density at radius 3 is 2.59 bits per heavy atom. The molecule has 1 rings (SSSR count). The average molecular weight is 257 g/mol. The van der Waals surface area contributed by atoms with Gasteiger partial charge in [0.05, 0.1) is 11.9 Å². The Morgan fingerprint density at radius 2 is 2.06 bits per heavy atom. The molecular formula is C12H20NO3P. The van der Waals surface area contributed by atoms with Crippen LogP contribution in [0.4, 0.5) is 5.69 Å². The van der Waals surface area contributed by atoms with Gasteiger partial charge in [-0.15, -0.1) is 0 Å².